The lowest BCUT2D eigenvalue weighted by Crippen LogP contribution is -2.19. The van der Waals surface area contributed by atoms with Gasteiger partial charge in [0.05, 0.1) is 5.56 Å². The summed E-state index contributed by atoms with van der Waals surface area (Å²) in [6.45, 7) is 0. The lowest BCUT2D eigenvalue weighted by molar-refractivity contribution is -0.137. The van der Waals surface area contributed by atoms with Gasteiger partial charge in [0.15, 0.2) is 0 Å². The largest absolute Gasteiger partial charge is 0.416 e. The molecule has 7 heteroatoms. The van der Waals surface area contributed by atoms with E-state index in [1.54, 1.807) is 42.5 Å². The number of hydrogen-bond acceptors (Lipinski definition) is 2. The maximum Gasteiger partial charge on any atom is 0.416 e. The fourth-order valence-corrected chi connectivity index (χ4v) is 3.56. The minimum Gasteiger partial charge on any atom is -0.325 e. The number of halogens is 4. The van der Waals surface area contributed by atoms with Crippen molar-refractivity contribution in [2.24, 2.45) is 0 Å². The number of nitrogens with one attached hydrogen (secondary N) is 1. The highest BCUT2D eigenvalue weighted by molar-refractivity contribution is 8.00. The van der Waals surface area contributed by atoms with Crippen LogP contribution in [0.5, 0.6) is 0 Å². The van der Waals surface area contributed by atoms with Gasteiger partial charge in [0.25, 0.3) is 0 Å². The van der Waals surface area contributed by atoms with Gasteiger partial charge < -0.3 is 5.32 Å². The van der Waals surface area contributed by atoms with Crippen molar-refractivity contribution in [3.05, 3.63) is 95.8 Å². The van der Waals surface area contributed by atoms with Crippen LogP contribution < -0.4 is 5.32 Å². The minimum absolute atomic E-state index is 0.0560. The van der Waals surface area contributed by atoms with Crippen molar-refractivity contribution in [2.75, 3.05) is 5.32 Å². The number of carbonyl (C=O) groups excluding carboxylic acids is 1. The zero-order valence-corrected chi connectivity index (χ0v) is 15.2. The molecule has 0 radical (unpaired) electrons. The molecule has 1 amide bonds. The molecule has 0 heterocycles. The van der Waals surface area contributed by atoms with Gasteiger partial charge in [-0.1, -0.05) is 36.4 Å². The Morgan fingerprint density at radius 2 is 1.57 bits per heavy atom. The molecule has 1 N–H and O–H groups in total. The molecule has 144 valence electrons. The predicted molar refractivity (Wildman–Crippen MR) is 102 cm³/mol. The van der Waals surface area contributed by atoms with Crippen LogP contribution in [0, 0.1) is 5.82 Å². The van der Waals surface area contributed by atoms with Crippen molar-refractivity contribution in [2.45, 2.75) is 16.3 Å². The Morgan fingerprint density at radius 3 is 2.21 bits per heavy atom. The van der Waals surface area contributed by atoms with E-state index in [9.17, 15) is 22.4 Å². The molecule has 0 aliphatic rings. The molecule has 0 aromatic heterocycles. The number of amides is 1. The van der Waals surface area contributed by atoms with Gasteiger partial charge in [-0.25, -0.2) is 4.39 Å². The third kappa shape index (κ3) is 5.13. The second kappa shape index (κ2) is 8.48. The van der Waals surface area contributed by atoms with Crippen molar-refractivity contribution in [1.82, 2.24) is 0 Å². The van der Waals surface area contributed by atoms with Crippen molar-refractivity contribution in [3.63, 3.8) is 0 Å². The standard InChI is InChI=1S/C21H15F4NOS/c22-16-9-11-18(12-10-16)28-19(14-5-2-1-3-6-14)20(27)26-17-8-4-7-15(13-17)21(23,24)25/h1-13,19H,(H,26,27)/t19-/m1/s1. The fourth-order valence-electron chi connectivity index (χ4n) is 2.53. The Bertz CT molecular complexity index is 943. The second-order valence-corrected chi connectivity index (χ2v) is 7.11. The first-order valence-electron chi connectivity index (χ1n) is 8.28. The lowest BCUT2D eigenvalue weighted by atomic mass is 10.1. The summed E-state index contributed by atoms with van der Waals surface area (Å²) in [5.41, 5.74) is -0.102. The van der Waals surface area contributed by atoms with Crippen LogP contribution in [-0.4, -0.2) is 5.91 Å². The molecule has 1 atom stereocenters. The van der Waals surface area contributed by atoms with Gasteiger partial charge >= 0.3 is 6.18 Å². The van der Waals surface area contributed by atoms with Crippen LogP contribution >= 0.6 is 11.8 Å². The van der Waals surface area contributed by atoms with E-state index in [0.29, 0.717) is 10.5 Å². The number of hydrogen-bond donors (Lipinski definition) is 1. The first-order valence-corrected chi connectivity index (χ1v) is 9.16. The first-order chi connectivity index (χ1) is 13.3. The Morgan fingerprint density at radius 1 is 0.893 bits per heavy atom. The van der Waals surface area contributed by atoms with Crippen molar-refractivity contribution in [3.8, 4) is 0 Å². The SMILES string of the molecule is O=C(Nc1cccc(C(F)(F)F)c1)[C@H](Sc1ccc(F)cc1)c1ccccc1. The molecule has 0 aliphatic heterocycles. The summed E-state index contributed by atoms with van der Waals surface area (Å²) in [4.78, 5) is 13.5. The minimum atomic E-state index is -4.50. The monoisotopic (exact) mass is 405 g/mol. The number of thioether (sulfide) groups is 1. The van der Waals surface area contributed by atoms with Crippen LogP contribution in [0.3, 0.4) is 0 Å². The maximum absolute atomic E-state index is 13.1. The predicted octanol–water partition coefficient (Wildman–Crippen LogP) is 6.32. The quantitative estimate of drug-likeness (QED) is 0.398. The van der Waals surface area contributed by atoms with E-state index >= 15 is 0 Å². The molecule has 0 saturated carbocycles. The summed E-state index contributed by atoms with van der Waals surface area (Å²) < 4.78 is 51.9. The number of alkyl halides is 3. The van der Waals surface area contributed by atoms with Crippen LogP contribution in [0.15, 0.2) is 83.8 Å². The first kappa shape index (κ1) is 19.9. The molecule has 0 bridgehead atoms. The van der Waals surface area contributed by atoms with Gasteiger partial charge in [-0.3, -0.25) is 4.79 Å². The zero-order valence-electron chi connectivity index (χ0n) is 14.4. The van der Waals surface area contributed by atoms with Crippen molar-refractivity contribution >= 4 is 23.4 Å². The summed E-state index contributed by atoms with van der Waals surface area (Å²) in [6, 6.07) is 19.0. The van der Waals surface area contributed by atoms with E-state index in [-0.39, 0.29) is 5.69 Å². The van der Waals surface area contributed by atoms with Gasteiger partial charge in [0, 0.05) is 10.6 Å². The van der Waals surface area contributed by atoms with Crippen LogP contribution in [0.1, 0.15) is 16.4 Å². The molecule has 3 aromatic rings. The van der Waals surface area contributed by atoms with Gasteiger partial charge in [0.1, 0.15) is 11.1 Å². The molecule has 3 rings (SSSR count). The van der Waals surface area contributed by atoms with Crippen molar-refractivity contribution in [1.29, 1.82) is 0 Å². The summed E-state index contributed by atoms with van der Waals surface area (Å²) in [5.74, 6) is -0.867. The number of anilines is 1. The van der Waals surface area contributed by atoms with Crippen LogP contribution in [0.25, 0.3) is 0 Å². The third-order valence-corrected chi connectivity index (χ3v) is 5.13. The van der Waals surface area contributed by atoms with Crippen LogP contribution in [0.4, 0.5) is 23.2 Å². The third-order valence-electron chi connectivity index (χ3n) is 3.87. The Hall–Kier alpha value is -2.80. The average molecular weight is 405 g/mol. The van der Waals surface area contributed by atoms with Crippen LogP contribution in [0.2, 0.25) is 0 Å². The summed E-state index contributed by atoms with van der Waals surface area (Å²) in [5, 5.41) is 1.83. The second-order valence-electron chi connectivity index (χ2n) is 5.93. The van der Waals surface area contributed by atoms with E-state index in [1.165, 1.54) is 36.0 Å². The highest BCUT2D eigenvalue weighted by Gasteiger charge is 2.31. The van der Waals surface area contributed by atoms with Gasteiger partial charge in [-0.05, 0) is 48.0 Å². The summed E-state index contributed by atoms with van der Waals surface area (Å²) in [7, 11) is 0. The van der Waals surface area contributed by atoms with Crippen molar-refractivity contribution < 1.29 is 22.4 Å². The van der Waals surface area contributed by atoms with E-state index in [4.69, 9.17) is 0 Å². The lowest BCUT2D eigenvalue weighted by Gasteiger charge is -2.18. The van der Waals surface area contributed by atoms with Gasteiger partial charge in [-0.2, -0.15) is 13.2 Å². The fraction of sp³-hybridized carbons (Fsp3) is 0.0952. The molecule has 28 heavy (non-hydrogen) atoms. The van der Waals surface area contributed by atoms with Gasteiger partial charge in [0.2, 0.25) is 5.91 Å². The molecule has 0 unspecified atom stereocenters. The molecule has 0 spiro atoms. The van der Waals surface area contributed by atoms with Gasteiger partial charge in [-0.15, -0.1) is 11.8 Å². The van der Waals surface area contributed by atoms with E-state index in [1.807, 2.05) is 0 Å². The zero-order chi connectivity index (χ0) is 20.1. The van der Waals surface area contributed by atoms with Crippen LogP contribution in [-0.2, 0) is 11.0 Å². The highest BCUT2D eigenvalue weighted by Crippen LogP contribution is 2.37. The van der Waals surface area contributed by atoms with E-state index < -0.39 is 28.7 Å². The molecule has 2 nitrogen and oxygen atoms in total. The molecule has 3 aromatic carbocycles. The molecular formula is C21H15F4NOS. The van der Waals surface area contributed by atoms with E-state index in [0.717, 1.165) is 12.1 Å². The maximum atomic E-state index is 13.1. The average Bonchev–Trinajstić information content (AvgIpc) is 2.67. The Kier molecular flexibility index (Phi) is 6.04. The smallest absolute Gasteiger partial charge is 0.325 e. The topological polar surface area (TPSA) is 29.1 Å². The molecular weight excluding hydrogens is 390 g/mol. The Labute approximate surface area is 163 Å². The normalized spacial score (nSPS) is 12.4. The summed E-state index contributed by atoms with van der Waals surface area (Å²) >= 11 is 1.19. The number of rotatable bonds is 5. The molecule has 0 aliphatic carbocycles. The number of benzene rings is 3. The summed E-state index contributed by atoms with van der Waals surface area (Å²) in [6.07, 6.45) is -4.50. The molecule has 0 fully saturated rings. The van der Waals surface area contributed by atoms with E-state index in [2.05, 4.69) is 5.32 Å². The Balaban J connectivity index is 1.86. The molecule has 0 saturated heterocycles. The highest BCUT2D eigenvalue weighted by atomic mass is 32.2. The number of carbonyl (C=O) groups is 1.